The van der Waals surface area contributed by atoms with E-state index >= 15 is 0 Å². The van der Waals surface area contributed by atoms with Crippen LogP contribution in [0.1, 0.15) is 30.1 Å². The molecule has 1 unspecified atom stereocenters. The summed E-state index contributed by atoms with van der Waals surface area (Å²) in [5.74, 6) is 1.46. The SMILES string of the molecule is COc1ccc(CC(=O)N2CCCC(c3nc(-c4ccccn4)cc(=O)[nH]3)C2)cc1. The average Bonchev–Trinajstić information content (AvgIpc) is 2.80. The van der Waals surface area contributed by atoms with Gasteiger partial charge in [-0.1, -0.05) is 18.2 Å². The predicted molar refractivity (Wildman–Crippen MR) is 113 cm³/mol. The highest BCUT2D eigenvalue weighted by Gasteiger charge is 2.26. The van der Waals surface area contributed by atoms with Gasteiger partial charge < -0.3 is 14.6 Å². The second-order valence-electron chi connectivity index (χ2n) is 7.43. The van der Waals surface area contributed by atoms with E-state index in [2.05, 4.69) is 15.0 Å². The number of ether oxygens (including phenoxy) is 1. The number of likely N-dealkylation sites (tertiary alicyclic amines) is 1. The number of benzene rings is 1. The van der Waals surface area contributed by atoms with Crippen molar-refractivity contribution in [2.75, 3.05) is 20.2 Å². The van der Waals surface area contributed by atoms with Gasteiger partial charge in [0.2, 0.25) is 5.91 Å². The molecule has 0 radical (unpaired) electrons. The summed E-state index contributed by atoms with van der Waals surface area (Å²) in [4.78, 5) is 38.7. The summed E-state index contributed by atoms with van der Waals surface area (Å²) >= 11 is 0. The highest BCUT2D eigenvalue weighted by Crippen LogP contribution is 2.26. The van der Waals surface area contributed by atoms with Crippen LogP contribution in [0, 0.1) is 0 Å². The predicted octanol–water partition coefficient (Wildman–Crippen LogP) is 2.79. The molecule has 154 valence electrons. The molecule has 1 N–H and O–H groups in total. The van der Waals surface area contributed by atoms with Crippen LogP contribution in [-0.2, 0) is 11.2 Å². The highest BCUT2D eigenvalue weighted by molar-refractivity contribution is 5.79. The topological polar surface area (TPSA) is 88.2 Å². The molecule has 0 saturated carbocycles. The quantitative estimate of drug-likeness (QED) is 0.706. The third-order valence-corrected chi connectivity index (χ3v) is 5.36. The van der Waals surface area contributed by atoms with Gasteiger partial charge in [-0.3, -0.25) is 14.6 Å². The third-order valence-electron chi connectivity index (χ3n) is 5.36. The number of H-pyrrole nitrogens is 1. The number of aromatic amines is 1. The average molecular weight is 404 g/mol. The Morgan fingerprint density at radius 2 is 2.03 bits per heavy atom. The molecule has 7 heteroatoms. The number of pyridine rings is 1. The van der Waals surface area contributed by atoms with Gasteiger partial charge >= 0.3 is 0 Å². The fraction of sp³-hybridized carbons (Fsp3) is 0.304. The number of aromatic nitrogens is 3. The summed E-state index contributed by atoms with van der Waals surface area (Å²) in [5.41, 5.74) is 1.96. The molecule has 3 heterocycles. The first kappa shape index (κ1) is 19.8. The molecule has 1 saturated heterocycles. The molecule has 2 aromatic heterocycles. The highest BCUT2D eigenvalue weighted by atomic mass is 16.5. The number of methoxy groups -OCH3 is 1. The van der Waals surface area contributed by atoms with Gasteiger partial charge in [0.15, 0.2) is 0 Å². The molecule has 1 atom stereocenters. The zero-order chi connectivity index (χ0) is 20.9. The van der Waals surface area contributed by atoms with Crippen LogP contribution in [0.5, 0.6) is 5.75 Å². The van der Waals surface area contributed by atoms with Crippen LogP contribution in [-0.4, -0.2) is 46.0 Å². The Hall–Kier alpha value is -3.48. The summed E-state index contributed by atoms with van der Waals surface area (Å²) in [6.45, 7) is 1.26. The second-order valence-corrected chi connectivity index (χ2v) is 7.43. The van der Waals surface area contributed by atoms with Gasteiger partial charge in [-0.05, 0) is 42.7 Å². The normalized spacial score (nSPS) is 16.3. The molecule has 0 bridgehead atoms. The van der Waals surface area contributed by atoms with Crippen molar-refractivity contribution in [1.29, 1.82) is 0 Å². The number of hydrogen-bond donors (Lipinski definition) is 1. The third kappa shape index (κ3) is 4.56. The molecule has 4 rings (SSSR count). The molecule has 1 amide bonds. The Bertz CT molecular complexity index is 1060. The maximum atomic E-state index is 12.8. The van der Waals surface area contributed by atoms with E-state index in [0.717, 1.165) is 30.7 Å². The molecule has 7 nitrogen and oxygen atoms in total. The first-order valence-corrected chi connectivity index (χ1v) is 10.1. The molecule has 0 spiro atoms. The molecule has 3 aromatic rings. The molecule has 1 aromatic carbocycles. The molecular weight excluding hydrogens is 380 g/mol. The summed E-state index contributed by atoms with van der Waals surface area (Å²) in [7, 11) is 1.62. The number of piperidine rings is 1. The fourth-order valence-corrected chi connectivity index (χ4v) is 3.77. The molecule has 1 aliphatic heterocycles. The maximum absolute atomic E-state index is 12.8. The van der Waals surface area contributed by atoms with E-state index in [4.69, 9.17) is 4.74 Å². The Morgan fingerprint density at radius 3 is 2.77 bits per heavy atom. The Morgan fingerprint density at radius 1 is 1.20 bits per heavy atom. The lowest BCUT2D eigenvalue weighted by Crippen LogP contribution is -2.40. The first-order valence-electron chi connectivity index (χ1n) is 10.1. The lowest BCUT2D eigenvalue weighted by atomic mass is 9.96. The van der Waals surface area contributed by atoms with E-state index in [0.29, 0.717) is 30.2 Å². The number of amides is 1. The van der Waals surface area contributed by atoms with Gasteiger partial charge in [-0.2, -0.15) is 0 Å². The van der Waals surface area contributed by atoms with Crippen LogP contribution in [0.15, 0.2) is 59.5 Å². The van der Waals surface area contributed by atoms with E-state index in [1.54, 1.807) is 13.3 Å². The molecule has 1 fully saturated rings. The van der Waals surface area contributed by atoms with E-state index in [9.17, 15) is 9.59 Å². The number of carbonyl (C=O) groups excluding carboxylic acids is 1. The van der Waals surface area contributed by atoms with Gasteiger partial charge in [-0.15, -0.1) is 0 Å². The van der Waals surface area contributed by atoms with E-state index in [-0.39, 0.29) is 17.4 Å². The number of nitrogens with zero attached hydrogens (tertiary/aromatic N) is 3. The largest absolute Gasteiger partial charge is 0.497 e. The zero-order valence-electron chi connectivity index (χ0n) is 16.9. The smallest absolute Gasteiger partial charge is 0.251 e. The van der Waals surface area contributed by atoms with Crippen LogP contribution < -0.4 is 10.3 Å². The number of hydrogen-bond acceptors (Lipinski definition) is 5. The summed E-state index contributed by atoms with van der Waals surface area (Å²) in [5, 5.41) is 0. The molecule has 30 heavy (non-hydrogen) atoms. The lowest BCUT2D eigenvalue weighted by molar-refractivity contribution is -0.131. The van der Waals surface area contributed by atoms with Gasteiger partial charge in [0.1, 0.15) is 11.6 Å². The number of rotatable bonds is 5. The fourth-order valence-electron chi connectivity index (χ4n) is 3.77. The van der Waals surface area contributed by atoms with Crippen molar-refractivity contribution in [1.82, 2.24) is 19.9 Å². The zero-order valence-corrected chi connectivity index (χ0v) is 16.9. The van der Waals surface area contributed by atoms with Crippen molar-refractivity contribution in [2.24, 2.45) is 0 Å². The van der Waals surface area contributed by atoms with Crippen LogP contribution in [0.4, 0.5) is 0 Å². The van der Waals surface area contributed by atoms with Gasteiger partial charge in [0, 0.05) is 31.3 Å². The van der Waals surface area contributed by atoms with E-state index in [1.807, 2.05) is 47.4 Å². The van der Waals surface area contributed by atoms with E-state index < -0.39 is 0 Å². The van der Waals surface area contributed by atoms with Crippen molar-refractivity contribution in [3.8, 4) is 17.1 Å². The van der Waals surface area contributed by atoms with Crippen LogP contribution in [0.2, 0.25) is 0 Å². The molecule has 0 aliphatic carbocycles. The Kier molecular flexibility index (Phi) is 5.88. The number of carbonyl (C=O) groups is 1. The first-order chi connectivity index (χ1) is 14.6. The lowest BCUT2D eigenvalue weighted by Gasteiger charge is -2.32. The Labute approximate surface area is 174 Å². The second kappa shape index (κ2) is 8.90. The van der Waals surface area contributed by atoms with Crippen molar-refractivity contribution in [3.63, 3.8) is 0 Å². The van der Waals surface area contributed by atoms with Crippen LogP contribution in [0.3, 0.4) is 0 Å². The van der Waals surface area contributed by atoms with Crippen molar-refractivity contribution >= 4 is 5.91 Å². The van der Waals surface area contributed by atoms with Gasteiger partial charge in [0.05, 0.1) is 24.9 Å². The van der Waals surface area contributed by atoms with Gasteiger partial charge in [0.25, 0.3) is 5.56 Å². The van der Waals surface area contributed by atoms with Crippen molar-refractivity contribution in [3.05, 3.63) is 76.5 Å². The maximum Gasteiger partial charge on any atom is 0.251 e. The number of nitrogens with one attached hydrogen (secondary N) is 1. The molecular formula is C23H24N4O3. The minimum Gasteiger partial charge on any atom is -0.497 e. The minimum absolute atomic E-state index is 0.00469. The Balaban J connectivity index is 1.49. The summed E-state index contributed by atoms with van der Waals surface area (Å²) in [6.07, 6.45) is 3.77. The summed E-state index contributed by atoms with van der Waals surface area (Å²) in [6, 6.07) is 14.5. The van der Waals surface area contributed by atoms with Crippen LogP contribution >= 0.6 is 0 Å². The standard InChI is InChI=1S/C23H24N4O3/c1-30-18-9-7-16(8-10-18)13-22(29)27-12-4-5-17(15-27)23-25-20(14-21(28)26-23)19-6-2-3-11-24-19/h2-3,6-11,14,17H,4-5,12-13,15H2,1H3,(H,25,26,28). The summed E-state index contributed by atoms with van der Waals surface area (Å²) < 4.78 is 5.17. The minimum atomic E-state index is -0.206. The van der Waals surface area contributed by atoms with Crippen LogP contribution in [0.25, 0.3) is 11.4 Å². The van der Waals surface area contributed by atoms with Gasteiger partial charge in [-0.25, -0.2) is 4.98 Å². The molecule has 1 aliphatic rings. The monoisotopic (exact) mass is 404 g/mol. The van der Waals surface area contributed by atoms with E-state index in [1.165, 1.54) is 6.07 Å². The van der Waals surface area contributed by atoms with Crippen molar-refractivity contribution in [2.45, 2.75) is 25.2 Å². The van der Waals surface area contributed by atoms with Crippen molar-refractivity contribution < 1.29 is 9.53 Å².